The van der Waals surface area contributed by atoms with Crippen LogP contribution in [0.25, 0.3) is 0 Å². The summed E-state index contributed by atoms with van der Waals surface area (Å²) in [7, 11) is 0. The minimum Gasteiger partial charge on any atom is -0.331 e. The lowest BCUT2D eigenvalue weighted by Crippen LogP contribution is -2.43. The molecule has 1 aromatic heterocycles. The maximum Gasteiger partial charge on any atom is 0.269 e. The van der Waals surface area contributed by atoms with Crippen molar-refractivity contribution < 1.29 is 9.18 Å². The van der Waals surface area contributed by atoms with Crippen LogP contribution in [0, 0.1) is 5.82 Å². The molecule has 0 radical (unpaired) electrons. The molecule has 1 aromatic carbocycles. The number of hydrogen-bond acceptors (Lipinski definition) is 3. The molecule has 0 aliphatic carbocycles. The summed E-state index contributed by atoms with van der Waals surface area (Å²) in [5, 5.41) is 2.89. The van der Waals surface area contributed by atoms with E-state index in [1.807, 2.05) is 0 Å². The number of aromatic nitrogens is 1. The van der Waals surface area contributed by atoms with E-state index in [1.165, 1.54) is 24.5 Å². The van der Waals surface area contributed by atoms with Gasteiger partial charge in [0.25, 0.3) is 5.91 Å². The van der Waals surface area contributed by atoms with Gasteiger partial charge in [0.15, 0.2) is 5.11 Å². The molecule has 0 saturated heterocycles. The number of carbonyl (C=O) groups is 1. The molecule has 1 heterocycles. The van der Waals surface area contributed by atoms with Gasteiger partial charge in [-0.2, -0.15) is 0 Å². The van der Waals surface area contributed by atoms with Crippen LogP contribution in [-0.4, -0.2) is 16.0 Å². The summed E-state index contributed by atoms with van der Waals surface area (Å²) in [6.45, 7) is 0. The first-order chi connectivity index (χ1) is 9.65. The Hall–Kier alpha value is -2.54. The number of nitrogens with zero attached hydrogens (tertiary/aromatic N) is 1. The molecule has 0 aliphatic rings. The highest BCUT2D eigenvalue weighted by molar-refractivity contribution is 7.80. The van der Waals surface area contributed by atoms with E-state index in [-0.39, 0.29) is 16.8 Å². The molecular weight excluding hydrogens is 279 g/mol. The van der Waals surface area contributed by atoms with Gasteiger partial charge in [-0.25, -0.2) is 4.39 Å². The SMILES string of the molecule is O=C(NNC(=S)Nc1cccc(F)c1)c1ccncc1. The van der Waals surface area contributed by atoms with Crippen LogP contribution in [0.3, 0.4) is 0 Å². The summed E-state index contributed by atoms with van der Waals surface area (Å²) >= 11 is 4.98. The molecule has 0 aliphatic heterocycles. The van der Waals surface area contributed by atoms with E-state index in [4.69, 9.17) is 12.2 Å². The molecule has 0 spiro atoms. The highest BCUT2D eigenvalue weighted by atomic mass is 32.1. The first-order valence-electron chi connectivity index (χ1n) is 5.68. The van der Waals surface area contributed by atoms with Crippen molar-refractivity contribution in [3.8, 4) is 0 Å². The van der Waals surface area contributed by atoms with Crippen molar-refractivity contribution in [2.45, 2.75) is 0 Å². The summed E-state index contributed by atoms with van der Waals surface area (Å²) in [6, 6.07) is 8.96. The second kappa shape index (κ2) is 6.58. The van der Waals surface area contributed by atoms with Crippen LogP contribution in [0.15, 0.2) is 48.8 Å². The maximum atomic E-state index is 13.0. The van der Waals surface area contributed by atoms with Gasteiger partial charge in [-0.3, -0.25) is 20.6 Å². The molecule has 2 aromatic rings. The monoisotopic (exact) mass is 290 g/mol. The van der Waals surface area contributed by atoms with Crippen molar-refractivity contribution in [1.29, 1.82) is 0 Å². The third-order valence-corrected chi connectivity index (χ3v) is 2.52. The van der Waals surface area contributed by atoms with Crippen molar-refractivity contribution in [3.63, 3.8) is 0 Å². The van der Waals surface area contributed by atoms with E-state index < -0.39 is 0 Å². The van der Waals surface area contributed by atoms with Crippen LogP contribution < -0.4 is 16.2 Å². The fourth-order valence-corrected chi connectivity index (χ4v) is 1.59. The molecule has 5 nitrogen and oxygen atoms in total. The summed E-state index contributed by atoms with van der Waals surface area (Å²) in [5.41, 5.74) is 5.88. The second-order valence-corrected chi connectivity index (χ2v) is 4.19. The van der Waals surface area contributed by atoms with Gasteiger partial charge in [0.2, 0.25) is 0 Å². The lowest BCUT2D eigenvalue weighted by molar-refractivity contribution is 0.0944. The largest absolute Gasteiger partial charge is 0.331 e. The summed E-state index contributed by atoms with van der Waals surface area (Å²) in [4.78, 5) is 15.5. The lowest BCUT2D eigenvalue weighted by atomic mass is 10.3. The highest BCUT2D eigenvalue weighted by Gasteiger charge is 2.05. The fourth-order valence-electron chi connectivity index (χ4n) is 1.42. The predicted molar refractivity (Wildman–Crippen MR) is 77.5 cm³/mol. The van der Waals surface area contributed by atoms with E-state index in [2.05, 4.69) is 21.2 Å². The van der Waals surface area contributed by atoms with Crippen molar-refractivity contribution in [3.05, 3.63) is 60.2 Å². The van der Waals surface area contributed by atoms with Crippen molar-refractivity contribution in [2.75, 3.05) is 5.32 Å². The smallest absolute Gasteiger partial charge is 0.269 e. The Morgan fingerprint density at radius 2 is 1.90 bits per heavy atom. The standard InChI is InChI=1S/C13H11FN4OS/c14-10-2-1-3-11(8-10)16-13(20)18-17-12(19)9-4-6-15-7-5-9/h1-8H,(H,17,19)(H2,16,18,20). The Bertz CT molecular complexity index is 621. The van der Waals surface area contributed by atoms with E-state index in [1.54, 1.807) is 24.3 Å². The molecule has 1 amide bonds. The molecule has 2 rings (SSSR count). The van der Waals surface area contributed by atoms with Gasteiger partial charge in [-0.15, -0.1) is 0 Å². The van der Waals surface area contributed by atoms with Crippen molar-refractivity contribution in [2.24, 2.45) is 0 Å². The zero-order valence-corrected chi connectivity index (χ0v) is 11.1. The van der Waals surface area contributed by atoms with Gasteiger partial charge in [0.1, 0.15) is 5.82 Å². The molecular formula is C13H11FN4OS. The zero-order valence-electron chi connectivity index (χ0n) is 10.3. The average molecular weight is 290 g/mol. The summed E-state index contributed by atoms with van der Waals surface area (Å²) in [6.07, 6.45) is 3.02. The number of nitrogens with one attached hydrogen (secondary N) is 3. The molecule has 0 fully saturated rings. The summed E-state index contributed by atoms with van der Waals surface area (Å²) < 4.78 is 13.0. The number of pyridine rings is 1. The number of halogens is 1. The lowest BCUT2D eigenvalue weighted by Gasteiger charge is -2.11. The molecule has 102 valence electrons. The third-order valence-electron chi connectivity index (χ3n) is 2.31. The summed E-state index contributed by atoms with van der Waals surface area (Å²) in [5.74, 6) is -0.727. The number of anilines is 1. The number of benzene rings is 1. The van der Waals surface area contributed by atoms with Crippen LogP contribution in [0.1, 0.15) is 10.4 Å². The minimum absolute atomic E-state index is 0.151. The van der Waals surface area contributed by atoms with E-state index in [9.17, 15) is 9.18 Å². The van der Waals surface area contributed by atoms with Crippen molar-refractivity contribution >= 4 is 28.9 Å². The van der Waals surface area contributed by atoms with Crippen LogP contribution >= 0.6 is 12.2 Å². The Labute approximate surface area is 120 Å². The van der Waals surface area contributed by atoms with Crippen LogP contribution in [0.4, 0.5) is 10.1 Å². The Kier molecular flexibility index (Phi) is 4.56. The van der Waals surface area contributed by atoms with Gasteiger partial charge < -0.3 is 5.32 Å². The van der Waals surface area contributed by atoms with Crippen molar-refractivity contribution in [1.82, 2.24) is 15.8 Å². The number of carbonyl (C=O) groups excluding carboxylic acids is 1. The van der Waals surface area contributed by atoms with Crippen LogP contribution in [-0.2, 0) is 0 Å². The van der Waals surface area contributed by atoms with Gasteiger partial charge in [-0.05, 0) is 42.5 Å². The van der Waals surface area contributed by atoms with Gasteiger partial charge in [0.05, 0.1) is 0 Å². The van der Waals surface area contributed by atoms with Gasteiger partial charge in [-0.1, -0.05) is 6.07 Å². The molecule has 3 N–H and O–H groups in total. The topological polar surface area (TPSA) is 66.1 Å². The van der Waals surface area contributed by atoms with E-state index >= 15 is 0 Å². The molecule has 20 heavy (non-hydrogen) atoms. The Balaban J connectivity index is 1.85. The van der Waals surface area contributed by atoms with E-state index in [0.29, 0.717) is 11.3 Å². The Morgan fingerprint density at radius 3 is 2.60 bits per heavy atom. The molecule has 0 saturated carbocycles. The molecule has 0 unspecified atom stereocenters. The normalized spacial score (nSPS) is 9.65. The first-order valence-corrected chi connectivity index (χ1v) is 6.09. The number of rotatable bonds is 2. The molecule has 0 bridgehead atoms. The number of amides is 1. The Morgan fingerprint density at radius 1 is 1.15 bits per heavy atom. The van der Waals surface area contributed by atoms with Crippen LogP contribution in [0.2, 0.25) is 0 Å². The average Bonchev–Trinajstić information content (AvgIpc) is 2.46. The maximum absolute atomic E-state index is 13.0. The number of thiocarbonyl (C=S) groups is 1. The van der Waals surface area contributed by atoms with E-state index in [0.717, 1.165) is 0 Å². The minimum atomic E-state index is -0.376. The zero-order chi connectivity index (χ0) is 14.4. The molecule has 7 heteroatoms. The predicted octanol–water partition coefficient (Wildman–Crippen LogP) is 1.85. The molecule has 0 atom stereocenters. The quantitative estimate of drug-likeness (QED) is 0.582. The van der Waals surface area contributed by atoms with Gasteiger partial charge in [0, 0.05) is 23.6 Å². The second-order valence-electron chi connectivity index (χ2n) is 3.78. The third kappa shape index (κ3) is 3.99. The van der Waals surface area contributed by atoms with Gasteiger partial charge >= 0.3 is 0 Å². The fraction of sp³-hybridized carbons (Fsp3) is 0. The highest BCUT2D eigenvalue weighted by Crippen LogP contribution is 2.08. The number of hydrazine groups is 1. The van der Waals surface area contributed by atoms with Crippen LogP contribution in [0.5, 0.6) is 0 Å². The number of hydrogen-bond donors (Lipinski definition) is 3. The first kappa shape index (κ1) is 13.9.